The van der Waals surface area contributed by atoms with Crippen molar-refractivity contribution in [2.24, 2.45) is 5.92 Å². The number of anilines is 1. The van der Waals surface area contributed by atoms with Gasteiger partial charge in [0.25, 0.3) is 0 Å². The smallest absolute Gasteiger partial charge is 0.243 e. The van der Waals surface area contributed by atoms with Gasteiger partial charge in [-0.25, -0.2) is 8.42 Å². The Morgan fingerprint density at radius 2 is 1.84 bits per heavy atom. The Balaban J connectivity index is 2.14. The number of sulfonamides is 1. The first-order valence-electron chi connectivity index (χ1n) is 9.01. The van der Waals surface area contributed by atoms with E-state index in [1.54, 1.807) is 13.8 Å². The molecule has 1 aliphatic carbocycles. The zero-order valence-electron chi connectivity index (χ0n) is 15.0. The molecule has 0 aromatic heterocycles. The van der Waals surface area contributed by atoms with Crippen molar-refractivity contribution in [3.8, 4) is 5.75 Å². The van der Waals surface area contributed by atoms with Gasteiger partial charge in [0.2, 0.25) is 15.9 Å². The molecular weight excluding hydrogens is 340 g/mol. The molecule has 1 aromatic carbocycles. The van der Waals surface area contributed by atoms with Crippen molar-refractivity contribution in [1.29, 1.82) is 0 Å². The summed E-state index contributed by atoms with van der Waals surface area (Å²) in [5, 5.41) is 12.7. The van der Waals surface area contributed by atoms with Gasteiger partial charge in [0, 0.05) is 19.5 Å². The van der Waals surface area contributed by atoms with Gasteiger partial charge in [-0.3, -0.25) is 4.79 Å². The molecule has 1 amide bonds. The second-order valence-corrected chi connectivity index (χ2v) is 8.46. The number of rotatable bonds is 7. The van der Waals surface area contributed by atoms with Crippen molar-refractivity contribution >= 4 is 21.6 Å². The lowest BCUT2D eigenvalue weighted by Gasteiger charge is -2.21. The van der Waals surface area contributed by atoms with Gasteiger partial charge in [0.1, 0.15) is 5.75 Å². The van der Waals surface area contributed by atoms with E-state index in [9.17, 15) is 18.3 Å². The maximum atomic E-state index is 12.6. The summed E-state index contributed by atoms with van der Waals surface area (Å²) in [6.45, 7) is 4.27. The standard InChI is InChI=1S/C18H28N2O4S/c1-3-20(4-2)25(23,24)15-10-11-17(21)16(13-15)19-18(22)12-14-8-6-5-7-9-14/h10-11,13-14,21H,3-9,12H2,1-2H3,(H,19,22). The third-order valence-electron chi connectivity index (χ3n) is 4.78. The van der Waals surface area contributed by atoms with Crippen molar-refractivity contribution in [1.82, 2.24) is 4.31 Å². The highest BCUT2D eigenvalue weighted by Crippen LogP contribution is 2.30. The van der Waals surface area contributed by atoms with Crippen LogP contribution in [0, 0.1) is 5.92 Å². The van der Waals surface area contributed by atoms with E-state index < -0.39 is 10.0 Å². The molecule has 140 valence electrons. The Labute approximate surface area is 150 Å². The van der Waals surface area contributed by atoms with Crippen LogP contribution in [-0.2, 0) is 14.8 Å². The predicted molar refractivity (Wildman–Crippen MR) is 98.0 cm³/mol. The number of phenolic OH excluding ortho intramolecular Hbond substituents is 1. The normalized spacial score (nSPS) is 16.1. The van der Waals surface area contributed by atoms with Gasteiger partial charge >= 0.3 is 0 Å². The van der Waals surface area contributed by atoms with Crippen LogP contribution in [-0.4, -0.2) is 36.8 Å². The summed E-state index contributed by atoms with van der Waals surface area (Å²) in [6.07, 6.45) is 6.05. The molecule has 0 spiro atoms. The number of carbonyl (C=O) groups is 1. The molecule has 0 bridgehead atoms. The van der Waals surface area contributed by atoms with Gasteiger partial charge in [-0.1, -0.05) is 33.1 Å². The Morgan fingerprint density at radius 3 is 2.44 bits per heavy atom. The summed E-state index contributed by atoms with van der Waals surface area (Å²) < 4.78 is 26.5. The third-order valence-corrected chi connectivity index (χ3v) is 6.83. The van der Waals surface area contributed by atoms with E-state index in [-0.39, 0.29) is 22.2 Å². The number of aromatic hydroxyl groups is 1. The SMILES string of the molecule is CCN(CC)S(=O)(=O)c1ccc(O)c(NC(=O)CC2CCCCC2)c1. The minimum Gasteiger partial charge on any atom is -0.506 e. The summed E-state index contributed by atoms with van der Waals surface area (Å²) in [5.74, 6) is 0.0635. The summed E-state index contributed by atoms with van der Waals surface area (Å²) in [4.78, 5) is 12.3. The van der Waals surface area contributed by atoms with Crippen LogP contribution in [0.5, 0.6) is 5.75 Å². The lowest BCUT2D eigenvalue weighted by molar-refractivity contribution is -0.117. The number of nitrogens with zero attached hydrogens (tertiary/aromatic N) is 1. The second-order valence-electron chi connectivity index (χ2n) is 6.52. The van der Waals surface area contributed by atoms with E-state index in [1.807, 2.05) is 0 Å². The average Bonchev–Trinajstić information content (AvgIpc) is 2.58. The molecule has 2 N–H and O–H groups in total. The number of hydrogen-bond acceptors (Lipinski definition) is 4. The third kappa shape index (κ3) is 4.95. The minimum atomic E-state index is -3.63. The molecular formula is C18H28N2O4S. The fraction of sp³-hybridized carbons (Fsp3) is 0.611. The van der Waals surface area contributed by atoms with E-state index in [4.69, 9.17) is 0 Å². The molecule has 0 aliphatic heterocycles. The molecule has 0 saturated heterocycles. The number of hydrogen-bond donors (Lipinski definition) is 2. The van der Waals surface area contributed by atoms with Gasteiger partial charge in [-0.05, 0) is 37.0 Å². The topological polar surface area (TPSA) is 86.7 Å². The molecule has 1 aromatic rings. The van der Waals surface area contributed by atoms with Crippen LogP contribution < -0.4 is 5.32 Å². The largest absolute Gasteiger partial charge is 0.506 e. The molecule has 2 rings (SSSR count). The monoisotopic (exact) mass is 368 g/mol. The second kappa shape index (κ2) is 8.67. The first-order chi connectivity index (χ1) is 11.9. The van der Waals surface area contributed by atoms with Gasteiger partial charge in [0.15, 0.2) is 0 Å². The van der Waals surface area contributed by atoms with E-state index in [2.05, 4.69) is 5.32 Å². The molecule has 0 unspecified atom stereocenters. The summed E-state index contributed by atoms with van der Waals surface area (Å²) in [5.41, 5.74) is 0.147. The average molecular weight is 368 g/mol. The lowest BCUT2D eigenvalue weighted by Crippen LogP contribution is -2.30. The Morgan fingerprint density at radius 1 is 1.20 bits per heavy atom. The fourth-order valence-electron chi connectivity index (χ4n) is 3.34. The maximum absolute atomic E-state index is 12.6. The van der Waals surface area contributed by atoms with E-state index in [0.29, 0.717) is 25.4 Å². The van der Waals surface area contributed by atoms with Crippen LogP contribution in [0.15, 0.2) is 23.1 Å². The molecule has 1 saturated carbocycles. The van der Waals surface area contributed by atoms with Crippen LogP contribution in [0.4, 0.5) is 5.69 Å². The molecule has 0 heterocycles. The van der Waals surface area contributed by atoms with Gasteiger partial charge in [0.05, 0.1) is 10.6 Å². The Kier molecular flexibility index (Phi) is 6.84. The Hall–Kier alpha value is -1.60. The highest BCUT2D eigenvalue weighted by atomic mass is 32.2. The molecule has 1 aliphatic rings. The molecule has 7 heteroatoms. The van der Waals surface area contributed by atoms with E-state index in [0.717, 1.165) is 25.7 Å². The van der Waals surface area contributed by atoms with Crippen molar-refractivity contribution in [2.75, 3.05) is 18.4 Å². The fourth-order valence-corrected chi connectivity index (χ4v) is 4.83. The van der Waals surface area contributed by atoms with Crippen LogP contribution in [0.2, 0.25) is 0 Å². The van der Waals surface area contributed by atoms with Gasteiger partial charge < -0.3 is 10.4 Å². The van der Waals surface area contributed by atoms with Crippen molar-refractivity contribution in [3.05, 3.63) is 18.2 Å². The summed E-state index contributed by atoms with van der Waals surface area (Å²) >= 11 is 0. The summed E-state index contributed by atoms with van der Waals surface area (Å²) in [7, 11) is -3.63. The van der Waals surface area contributed by atoms with Crippen LogP contribution in [0.3, 0.4) is 0 Å². The minimum absolute atomic E-state index is 0.0713. The van der Waals surface area contributed by atoms with Crippen molar-refractivity contribution in [2.45, 2.75) is 57.3 Å². The Bertz CT molecular complexity index is 693. The highest BCUT2D eigenvalue weighted by Gasteiger charge is 2.23. The number of amides is 1. The molecule has 6 nitrogen and oxygen atoms in total. The highest BCUT2D eigenvalue weighted by molar-refractivity contribution is 7.89. The molecule has 0 atom stereocenters. The predicted octanol–water partition coefficient (Wildman–Crippen LogP) is 3.33. The summed E-state index contributed by atoms with van der Waals surface area (Å²) in [6, 6.07) is 4.01. The van der Waals surface area contributed by atoms with E-state index >= 15 is 0 Å². The quantitative estimate of drug-likeness (QED) is 0.723. The van der Waals surface area contributed by atoms with Crippen LogP contribution in [0.25, 0.3) is 0 Å². The maximum Gasteiger partial charge on any atom is 0.243 e. The zero-order valence-corrected chi connectivity index (χ0v) is 15.8. The first kappa shape index (κ1) is 19.7. The van der Waals surface area contributed by atoms with Gasteiger partial charge in [-0.15, -0.1) is 0 Å². The van der Waals surface area contributed by atoms with Crippen molar-refractivity contribution in [3.63, 3.8) is 0 Å². The van der Waals surface area contributed by atoms with Gasteiger partial charge in [-0.2, -0.15) is 4.31 Å². The van der Waals surface area contributed by atoms with Crippen LogP contribution in [0.1, 0.15) is 52.4 Å². The number of phenols is 1. The lowest BCUT2D eigenvalue weighted by atomic mass is 9.87. The first-order valence-corrected chi connectivity index (χ1v) is 10.5. The molecule has 1 fully saturated rings. The number of benzene rings is 1. The van der Waals surface area contributed by atoms with Crippen molar-refractivity contribution < 1.29 is 18.3 Å². The molecule has 25 heavy (non-hydrogen) atoms. The van der Waals surface area contributed by atoms with E-state index in [1.165, 1.54) is 28.9 Å². The number of nitrogens with one attached hydrogen (secondary N) is 1. The molecule has 0 radical (unpaired) electrons. The van der Waals surface area contributed by atoms with Crippen LogP contribution >= 0.6 is 0 Å². The number of carbonyl (C=O) groups excluding carboxylic acids is 1. The zero-order chi connectivity index (χ0) is 18.4.